The smallest absolute Gasteiger partial charge is 0.209 e. The zero-order valence-corrected chi connectivity index (χ0v) is 13.4. The molecule has 7 heteroatoms. The van der Waals surface area contributed by atoms with E-state index < -0.39 is 10.0 Å². The molecule has 0 bridgehead atoms. The van der Waals surface area contributed by atoms with E-state index >= 15 is 0 Å². The predicted octanol–water partition coefficient (Wildman–Crippen LogP) is 1.90. The van der Waals surface area contributed by atoms with Crippen molar-refractivity contribution in [1.82, 2.24) is 14.6 Å². The lowest BCUT2D eigenvalue weighted by Gasteiger charge is -2.28. The Morgan fingerprint density at radius 3 is 2.73 bits per heavy atom. The fourth-order valence-electron chi connectivity index (χ4n) is 3.49. The second-order valence-corrected chi connectivity index (χ2v) is 8.11. The summed E-state index contributed by atoms with van der Waals surface area (Å²) in [7, 11) is -3.38. The molecule has 3 rings (SSSR count). The normalized spacial score (nSPS) is 18.0. The van der Waals surface area contributed by atoms with E-state index in [-0.39, 0.29) is 11.2 Å². The second kappa shape index (κ2) is 5.96. The molecule has 0 radical (unpaired) electrons. The quantitative estimate of drug-likeness (QED) is 0.879. The topological polar surface area (TPSA) is 90.4 Å². The molecule has 0 unspecified atom stereocenters. The molecule has 0 amide bonds. The first-order valence-corrected chi connectivity index (χ1v) is 9.47. The zero-order valence-electron chi connectivity index (χ0n) is 12.6. The van der Waals surface area contributed by atoms with Gasteiger partial charge in [0, 0.05) is 12.4 Å². The third kappa shape index (κ3) is 3.64. The highest BCUT2D eigenvalue weighted by Crippen LogP contribution is 2.44. The van der Waals surface area contributed by atoms with Gasteiger partial charge in [-0.1, -0.05) is 12.8 Å². The maximum atomic E-state index is 11.3. The minimum absolute atomic E-state index is 0.0843. The summed E-state index contributed by atoms with van der Waals surface area (Å²) >= 11 is 0. The molecule has 1 fully saturated rings. The van der Waals surface area contributed by atoms with Crippen molar-refractivity contribution < 1.29 is 8.42 Å². The molecular weight excluding hydrogens is 300 g/mol. The highest BCUT2D eigenvalue weighted by atomic mass is 32.2. The summed E-state index contributed by atoms with van der Waals surface area (Å²) in [5, 5.41) is 9.73. The van der Waals surface area contributed by atoms with Crippen molar-refractivity contribution in [3.8, 4) is 0 Å². The summed E-state index contributed by atoms with van der Waals surface area (Å²) in [5.74, 6) is 0.0843. The molecule has 1 aliphatic rings. The van der Waals surface area contributed by atoms with Crippen LogP contribution in [0.1, 0.15) is 44.2 Å². The van der Waals surface area contributed by atoms with E-state index in [1.165, 1.54) is 12.8 Å². The van der Waals surface area contributed by atoms with Crippen molar-refractivity contribution in [2.75, 3.05) is 5.75 Å². The number of imidazole rings is 1. The molecule has 1 aliphatic carbocycles. The lowest BCUT2D eigenvalue weighted by atomic mass is 9.79. The summed E-state index contributed by atoms with van der Waals surface area (Å²) in [6.07, 6.45) is 10.6. The first-order chi connectivity index (χ1) is 10.5. The van der Waals surface area contributed by atoms with Gasteiger partial charge in [0.2, 0.25) is 10.0 Å². The lowest BCUT2D eigenvalue weighted by Crippen LogP contribution is -2.25. The van der Waals surface area contributed by atoms with Gasteiger partial charge in [-0.3, -0.25) is 0 Å². The van der Waals surface area contributed by atoms with E-state index in [1.54, 1.807) is 10.7 Å². The van der Waals surface area contributed by atoms with E-state index in [2.05, 4.69) is 10.1 Å². The maximum Gasteiger partial charge on any atom is 0.209 e. The first-order valence-electron chi connectivity index (χ1n) is 7.76. The number of sulfonamides is 1. The molecule has 120 valence electrons. The van der Waals surface area contributed by atoms with Gasteiger partial charge in [0.1, 0.15) is 0 Å². The summed E-state index contributed by atoms with van der Waals surface area (Å²) < 4.78 is 24.3. The number of rotatable bonds is 6. The van der Waals surface area contributed by atoms with Gasteiger partial charge in [-0.2, -0.15) is 5.10 Å². The number of aromatic nitrogens is 3. The molecule has 0 aromatic carbocycles. The van der Waals surface area contributed by atoms with Gasteiger partial charge in [0.05, 0.1) is 11.4 Å². The third-order valence-electron chi connectivity index (χ3n) is 4.80. The van der Waals surface area contributed by atoms with Crippen molar-refractivity contribution in [3.05, 3.63) is 30.2 Å². The van der Waals surface area contributed by atoms with Crippen LogP contribution < -0.4 is 5.14 Å². The summed E-state index contributed by atoms with van der Waals surface area (Å²) in [4.78, 5) is 4.19. The van der Waals surface area contributed by atoms with E-state index in [0.29, 0.717) is 6.42 Å². The van der Waals surface area contributed by atoms with Crippen LogP contribution in [-0.4, -0.2) is 28.8 Å². The Morgan fingerprint density at radius 2 is 2.00 bits per heavy atom. The van der Waals surface area contributed by atoms with Crippen LogP contribution in [0.15, 0.2) is 24.5 Å². The van der Waals surface area contributed by atoms with Crippen molar-refractivity contribution in [3.63, 3.8) is 0 Å². The van der Waals surface area contributed by atoms with Crippen molar-refractivity contribution in [2.24, 2.45) is 10.6 Å². The standard InChI is InChI=1S/C15H22N4O2S/c16-22(20,21)12-9-15(6-1-2-7-15)8-5-13-3-4-14-17-10-11-19(14)18-13/h3-4,10-11H,1-2,5-9,12H2,(H2,16,20,21). The van der Waals surface area contributed by atoms with Crippen LogP contribution in [0.2, 0.25) is 0 Å². The van der Waals surface area contributed by atoms with Gasteiger partial charge >= 0.3 is 0 Å². The highest BCUT2D eigenvalue weighted by Gasteiger charge is 2.34. The molecule has 0 atom stereocenters. The number of aryl methyl sites for hydroxylation is 1. The number of primary sulfonamides is 1. The molecule has 0 saturated heterocycles. The Kier molecular flexibility index (Phi) is 4.18. The molecular formula is C15H22N4O2S. The molecule has 2 heterocycles. The average molecular weight is 322 g/mol. The summed E-state index contributed by atoms with van der Waals surface area (Å²) in [6, 6.07) is 3.97. The molecule has 2 N–H and O–H groups in total. The van der Waals surface area contributed by atoms with Crippen LogP contribution in [0.25, 0.3) is 5.65 Å². The maximum absolute atomic E-state index is 11.3. The van der Waals surface area contributed by atoms with Gasteiger partial charge in [0.15, 0.2) is 5.65 Å². The highest BCUT2D eigenvalue weighted by molar-refractivity contribution is 7.89. The summed E-state index contributed by atoms with van der Waals surface area (Å²) in [5.41, 5.74) is 1.97. The first kappa shape index (κ1) is 15.4. The Morgan fingerprint density at radius 1 is 1.23 bits per heavy atom. The van der Waals surface area contributed by atoms with Gasteiger partial charge in [-0.15, -0.1) is 0 Å². The molecule has 22 heavy (non-hydrogen) atoms. The zero-order chi connectivity index (χ0) is 15.6. The third-order valence-corrected chi connectivity index (χ3v) is 5.58. The Bertz CT molecular complexity index is 748. The van der Waals surface area contributed by atoms with E-state index in [9.17, 15) is 8.42 Å². The van der Waals surface area contributed by atoms with Crippen LogP contribution >= 0.6 is 0 Å². The number of hydrogen-bond donors (Lipinski definition) is 1. The second-order valence-electron chi connectivity index (χ2n) is 6.38. The Labute approximate surface area is 130 Å². The average Bonchev–Trinajstić information content (AvgIpc) is 3.12. The largest absolute Gasteiger partial charge is 0.236 e. The van der Waals surface area contributed by atoms with Gasteiger partial charge in [-0.25, -0.2) is 23.1 Å². The van der Waals surface area contributed by atoms with Crippen molar-refractivity contribution >= 4 is 15.7 Å². The van der Waals surface area contributed by atoms with Crippen molar-refractivity contribution in [2.45, 2.75) is 44.9 Å². The van der Waals surface area contributed by atoms with Gasteiger partial charge in [-0.05, 0) is 49.7 Å². The molecule has 2 aromatic heterocycles. The predicted molar refractivity (Wildman–Crippen MR) is 84.8 cm³/mol. The van der Waals surface area contributed by atoms with Crippen LogP contribution in [-0.2, 0) is 16.4 Å². The number of hydrogen-bond acceptors (Lipinski definition) is 4. The lowest BCUT2D eigenvalue weighted by molar-refractivity contribution is 0.260. The van der Waals surface area contributed by atoms with Gasteiger partial charge in [0.25, 0.3) is 0 Å². The molecule has 0 aliphatic heterocycles. The molecule has 6 nitrogen and oxygen atoms in total. The van der Waals surface area contributed by atoms with E-state index in [4.69, 9.17) is 5.14 Å². The minimum atomic E-state index is -3.38. The van der Waals surface area contributed by atoms with E-state index in [1.807, 2.05) is 18.3 Å². The minimum Gasteiger partial charge on any atom is -0.236 e. The number of fused-ring (bicyclic) bond motifs is 1. The van der Waals surface area contributed by atoms with Crippen LogP contribution in [0.4, 0.5) is 0 Å². The number of nitrogens with two attached hydrogens (primary N) is 1. The monoisotopic (exact) mass is 322 g/mol. The summed E-state index contributed by atoms with van der Waals surface area (Å²) in [6.45, 7) is 0. The van der Waals surface area contributed by atoms with Crippen LogP contribution in [0.3, 0.4) is 0 Å². The molecule has 0 spiro atoms. The van der Waals surface area contributed by atoms with Gasteiger partial charge < -0.3 is 0 Å². The van der Waals surface area contributed by atoms with E-state index in [0.717, 1.165) is 37.0 Å². The fourth-order valence-corrected chi connectivity index (χ4v) is 4.21. The van der Waals surface area contributed by atoms with Crippen molar-refractivity contribution in [1.29, 1.82) is 0 Å². The van der Waals surface area contributed by atoms with Crippen LogP contribution in [0.5, 0.6) is 0 Å². The fraction of sp³-hybridized carbons (Fsp3) is 0.600. The molecule has 1 saturated carbocycles. The molecule has 2 aromatic rings. The Hall–Kier alpha value is -1.47. The Balaban J connectivity index is 1.68. The number of nitrogens with zero attached hydrogens (tertiary/aromatic N) is 3. The van der Waals surface area contributed by atoms with Crippen LogP contribution in [0, 0.1) is 5.41 Å². The SMILES string of the molecule is NS(=O)(=O)CCC1(CCc2ccc3nccn3n2)CCCC1.